The lowest BCUT2D eigenvalue weighted by Crippen LogP contribution is -2.39. The lowest BCUT2D eigenvalue weighted by atomic mass is 10.0. The third kappa shape index (κ3) is 7.33. The molecule has 0 aliphatic rings. The molecule has 0 aliphatic carbocycles. The number of halogens is 1. The van der Waals surface area contributed by atoms with Crippen LogP contribution in [-0.2, 0) is 6.54 Å². The van der Waals surface area contributed by atoms with E-state index in [1.165, 1.54) is 6.07 Å². The Labute approximate surface area is 184 Å². The van der Waals surface area contributed by atoms with E-state index in [0.29, 0.717) is 24.8 Å². The van der Waals surface area contributed by atoms with Crippen molar-refractivity contribution in [2.45, 2.75) is 58.9 Å². The summed E-state index contributed by atoms with van der Waals surface area (Å²) in [5.74, 6) is 1.77. The van der Waals surface area contributed by atoms with Gasteiger partial charge in [-0.2, -0.15) is 0 Å². The van der Waals surface area contributed by atoms with Crippen LogP contribution in [0.4, 0.5) is 5.88 Å². The van der Waals surface area contributed by atoms with Gasteiger partial charge in [0.15, 0.2) is 5.76 Å². The number of ether oxygens (including phenoxy) is 1. The molecule has 30 heavy (non-hydrogen) atoms. The fourth-order valence-electron chi connectivity index (χ4n) is 3.47. The highest BCUT2D eigenvalue weighted by atomic mass is 35.5. The highest BCUT2D eigenvalue weighted by Crippen LogP contribution is 2.32. The molecule has 166 valence electrons. The number of hydrogen-bond acceptors (Lipinski definition) is 4. The van der Waals surface area contributed by atoms with E-state index in [-0.39, 0.29) is 5.88 Å². The van der Waals surface area contributed by atoms with Gasteiger partial charge in [0.05, 0.1) is 33.3 Å². The quantitative estimate of drug-likeness (QED) is 0.165. The van der Waals surface area contributed by atoms with Crippen LogP contribution in [0.15, 0.2) is 28.7 Å². The molecule has 0 amide bonds. The van der Waals surface area contributed by atoms with Crippen molar-refractivity contribution >= 4 is 17.5 Å². The Morgan fingerprint density at radius 1 is 1.17 bits per heavy atom. The van der Waals surface area contributed by atoms with Crippen LogP contribution < -0.4 is 4.74 Å². The van der Waals surface area contributed by atoms with Crippen molar-refractivity contribution in [2.24, 2.45) is 0 Å². The van der Waals surface area contributed by atoms with Crippen LogP contribution in [0.5, 0.6) is 5.75 Å². The molecule has 0 atom stereocenters. The lowest BCUT2D eigenvalue weighted by Gasteiger charge is -2.28. The molecule has 0 spiro atoms. The summed E-state index contributed by atoms with van der Waals surface area (Å²) in [4.78, 5) is 10.2. The Morgan fingerprint density at radius 3 is 2.50 bits per heavy atom. The molecule has 0 N–H and O–H groups in total. The highest BCUT2D eigenvalue weighted by Gasteiger charge is 2.20. The Bertz CT molecular complexity index is 846. The van der Waals surface area contributed by atoms with Gasteiger partial charge >= 0.3 is 5.88 Å². The third-order valence-corrected chi connectivity index (χ3v) is 5.65. The van der Waals surface area contributed by atoms with Crippen LogP contribution in [0.3, 0.4) is 0 Å². The largest absolute Gasteiger partial charge is 0.493 e. The molecular formula is C23H34ClN2O4+. The van der Waals surface area contributed by atoms with Gasteiger partial charge in [0.1, 0.15) is 17.2 Å². The molecular weight excluding hydrogens is 404 g/mol. The van der Waals surface area contributed by atoms with Crippen LogP contribution in [0.2, 0.25) is 5.02 Å². The van der Waals surface area contributed by atoms with Crippen LogP contribution in [0.25, 0.3) is 0 Å². The van der Waals surface area contributed by atoms with Crippen molar-refractivity contribution in [1.29, 1.82) is 0 Å². The second-order valence-corrected chi connectivity index (χ2v) is 9.28. The maximum Gasteiger partial charge on any atom is 0.433 e. The van der Waals surface area contributed by atoms with Gasteiger partial charge in [-0.1, -0.05) is 25.4 Å². The van der Waals surface area contributed by atoms with E-state index < -0.39 is 4.92 Å². The smallest absolute Gasteiger partial charge is 0.433 e. The van der Waals surface area contributed by atoms with Gasteiger partial charge in [-0.15, -0.1) is 0 Å². The minimum Gasteiger partial charge on any atom is -0.493 e. The Balaban J connectivity index is 1.69. The number of rotatable bonds is 12. The first-order valence-corrected chi connectivity index (χ1v) is 10.9. The molecule has 0 saturated carbocycles. The van der Waals surface area contributed by atoms with Crippen molar-refractivity contribution in [1.82, 2.24) is 0 Å². The summed E-state index contributed by atoms with van der Waals surface area (Å²) in [5.41, 5.74) is 2.20. The van der Waals surface area contributed by atoms with Crippen molar-refractivity contribution in [3.63, 3.8) is 0 Å². The predicted octanol–water partition coefficient (Wildman–Crippen LogP) is 6.49. The molecule has 2 aromatic rings. The maximum absolute atomic E-state index is 10.7. The average molecular weight is 438 g/mol. The molecule has 0 fully saturated rings. The van der Waals surface area contributed by atoms with Gasteiger partial charge in [-0.05, 0) is 67.9 Å². The van der Waals surface area contributed by atoms with Crippen LogP contribution in [0, 0.1) is 17.0 Å². The minimum atomic E-state index is -0.499. The van der Waals surface area contributed by atoms with E-state index in [0.717, 1.165) is 58.6 Å². The van der Waals surface area contributed by atoms with Crippen molar-refractivity contribution in [2.75, 3.05) is 27.2 Å². The van der Waals surface area contributed by atoms with E-state index in [1.807, 2.05) is 19.1 Å². The molecule has 0 aliphatic heterocycles. The normalized spacial score (nSPS) is 11.8. The van der Waals surface area contributed by atoms with Gasteiger partial charge in [0, 0.05) is 5.02 Å². The fourth-order valence-corrected chi connectivity index (χ4v) is 3.65. The molecule has 1 aromatic heterocycles. The Hall–Kier alpha value is -2.05. The van der Waals surface area contributed by atoms with E-state index in [4.69, 9.17) is 20.8 Å². The molecule has 0 saturated heterocycles. The molecule has 7 heteroatoms. The summed E-state index contributed by atoms with van der Waals surface area (Å²) < 4.78 is 12.1. The number of nitrogens with zero attached hydrogens (tertiary/aromatic N) is 2. The molecule has 2 rings (SSSR count). The first kappa shape index (κ1) is 24.2. The average Bonchev–Trinajstić information content (AvgIpc) is 3.11. The number of quaternary nitrogens is 1. The number of benzene rings is 1. The molecule has 1 heterocycles. The van der Waals surface area contributed by atoms with Gasteiger partial charge < -0.3 is 13.6 Å². The number of nitro groups is 1. The Morgan fingerprint density at radius 2 is 1.87 bits per heavy atom. The van der Waals surface area contributed by atoms with E-state index in [9.17, 15) is 10.1 Å². The standard InChI is InChI=1S/C23H34ClN2O4/c1-17(2)20-15-21(24)18(3)14-22(20)29-13-9-7-6-8-12-26(4,5)16-19-10-11-23(30-19)25(27)28/h10-11,14-15,17H,6-9,12-13,16H2,1-5H3/q+1. The zero-order chi connectivity index (χ0) is 22.3. The monoisotopic (exact) mass is 437 g/mol. The first-order valence-electron chi connectivity index (χ1n) is 10.6. The van der Waals surface area contributed by atoms with Crippen LogP contribution >= 0.6 is 11.6 Å². The lowest BCUT2D eigenvalue weighted by molar-refractivity contribution is -0.904. The molecule has 6 nitrogen and oxygen atoms in total. The van der Waals surface area contributed by atoms with Crippen molar-refractivity contribution in [3.05, 3.63) is 56.3 Å². The van der Waals surface area contributed by atoms with E-state index >= 15 is 0 Å². The number of furan rings is 1. The molecule has 0 unspecified atom stereocenters. The summed E-state index contributed by atoms with van der Waals surface area (Å²) in [6.07, 6.45) is 4.33. The van der Waals surface area contributed by atoms with E-state index in [2.05, 4.69) is 27.9 Å². The number of hydrogen-bond donors (Lipinski definition) is 0. The third-order valence-electron chi connectivity index (χ3n) is 5.24. The van der Waals surface area contributed by atoms with Gasteiger partial charge in [-0.3, -0.25) is 10.1 Å². The summed E-state index contributed by atoms with van der Waals surface area (Å²) in [7, 11) is 4.24. The van der Waals surface area contributed by atoms with E-state index in [1.54, 1.807) is 6.07 Å². The zero-order valence-electron chi connectivity index (χ0n) is 18.7. The summed E-state index contributed by atoms with van der Waals surface area (Å²) >= 11 is 6.26. The van der Waals surface area contributed by atoms with Crippen LogP contribution in [0.1, 0.15) is 62.3 Å². The second-order valence-electron chi connectivity index (χ2n) is 8.87. The van der Waals surface area contributed by atoms with Crippen molar-refractivity contribution in [3.8, 4) is 5.75 Å². The zero-order valence-corrected chi connectivity index (χ0v) is 19.5. The maximum atomic E-state index is 10.7. The predicted molar refractivity (Wildman–Crippen MR) is 120 cm³/mol. The fraction of sp³-hybridized carbons (Fsp3) is 0.565. The van der Waals surface area contributed by atoms with Gasteiger partial charge in [0.2, 0.25) is 0 Å². The SMILES string of the molecule is Cc1cc(OCCCCCC[N+](C)(C)Cc2ccc([N+](=O)[O-])o2)c(C(C)C)cc1Cl. The van der Waals surface area contributed by atoms with Gasteiger partial charge in [0.25, 0.3) is 0 Å². The van der Waals surface area contributed by atoms with Crippen LogP contribution in [-0.4, -0.2) is 36.7 Å². The Kier molecular flexibility index (Phi) is 8.74. The molecule has 0 bridgehead atoms. The molecule has 1 aromatic carbocycles. The minimum absolute atomic E-state index is 0.193. The number of aryl methyl sites for hydroxylation is 1. The summed E-state index contributed by atoms with van der Waals surface area (Å²) in [5, 5.41) is 11.5. The topological polar surface area (TPSA) is 65.5 Å². The van der Waals surface area contributed by atoms with Gasteiger partial charge in [-0.25, -0.2) is 0 Å². The second kappa shape index (κ2) is 10.8. The highest BCUT2D eigenvalue weighted by molar-refractivity contribution is 6.31. The summed E-state index contributed by atoms with van der Waals surface area (Å²) in [6, 6.07) is 7.17. The number of unbranched alkanes of at least 4 members (excludes halogenated alkanes) is 3. The summed E-state index contributed by atoms with van der Waals surface area (Å²) in [6.45, 7) is 8.63. The molecule has 0 radical (unpaired) electrons. The van der Waals surface area contributed by atoms with Crippen molar-refractivity contribution < 1.29 is 18.6 Å². The first-order chi connectivity index (χ1) is 14.1.